The van der Waals surface area contributed by atoms with Gasteiger partial charge in [-0.1, -0.05) is 15.9 Å². The number of amides is 1. The van der Waals surface area contributed by atoms with Crippen LogP contribution in [-0.4, -0.2) is 71.6 Å². The zero-order valence-corrected chi connectivity index (χ0v) is 17.2. The zero-order chi connectivity index (χ0) is 19.2. The lowest BCUT2D eigenvalue weighted by molar-refractivity contribution is -0.121. The van der Waals surface area contributed by atoms with Gasteiger partial charge in [0.25, 0.3) is 5.56 Å². The van der Waals surface area contributed by atoms with Gasteiger partial charge in [0.05, 0.1) is 17.2 Å². The number of hydrogen-bond donors (Lipinski definition) is 1. The van der Waals surface area contributed by atoms with Crippen LogP contribution in [0.5, 0.6) is 0 Å². The topological polar surface area (TPSA) is 70.5 Å². The second-order valence-electron chi connectivity index (χ2n) is 7.04. The molecular weight excluding hydrogens is 410 g/mol. The molecule has 0 bridgehead atoms. The molecule has 1 aromatic carbocycles. The Hall–Kier alpha value is -1.77. The minimum Gasteiger partial charge on any atom is -0.355 e. The van der Waals surface area contributed by atoms with Crippen molar-refractivity contribution in [2.24, 2.45) is 0 Å². The molecule has 0 radical (unpaired) electrons. The fourth-order valence-electron chi connectivity index (χ4n) is 3.21. The molecule has 1 aliphatic rings. The van der Waals surface area contributed by atoms with Gasteiger partial charge in [0.1, 0.15) is 6.54 Å². The first-order chi connectivity index (χ1) is 13.0. The number of likely N-dealkylation sites (N-methyl/N-ethyl adjacent to an activating group) is 1. The van der Waals surface area contributed by atoms with Crippen molar-refractivity contribution in [1.82, 2.24) is 24.7 Å². The summed E-state index contributed by atoms with van der Waals surface area (Å²) < 4.78 is 2.17. The van der Waals surface area contributed by atoms with Crippen LogP contribution in [0, 0.1) is 0 Å². The normalized spacial score (nSPS) is 15.9. The van der Waals surface area contributed by atoms with E-state index in [0.29, 0.717) is 17.4 Å². The minimum atomic E-state index is -0.202. The van der Waals surface area contributed by atoms with Crippen molar-refractivity contribution in [3.05, 3.63) is 39.4 Å². The van der Waals surface area contributed by atoms with Gasteiger partial charge < -0.3 is 15.1 Å². The summed E-state index contributed by atoms with van der Waals surface area (Å²) in [5, 5.41) is 3.41. The number of unbranched alkanes of at least 4 members (excludes halogenated alkanes) is 1. The lowest BCUT2D eigenvalue weighted by atomic mass is 10.2. The van der Waals surface area contributed by atoms with Crippen LogP contribution < -0.4 is 10.9 Å². The van der Waals surface area contributed by atoms with E-state index in [1.54, 1.807) is 12.1 Å². The van der Waals surface area contributed by atoms with Crippen LogP contribution in [0.1, 0.15) is 12.8 Å². The van der Waals surface area contributed by atoms with E-state index in [1.165, 1.54) is 10.9 Å². The van der Waals surface area contributed by atoms with Gasteiger partial charge in [0, 0.05) is 37.2 Å². The summed E-state index contributed by atoms with van der Waals surface area (Å²) in [6.07, 6.45) is 3.44. The summed E-state index contributed by atoms with van der Waals surface area (Å²) in [7, 11) is 2.15. The molecule has 0 aliphatic carbocycles. The highest BCUT2D eigenvalue weighted by Crippen LogP contribution is 2.14. The van der Waals surface area contributed by atoms with Gasteiger partial charge in [-0.2, -0.15) is 0 Å². The standard InChI is InChI=1S/C19H26BrN5O2/c1-23-8-10-24(11-9-23)7-3-2-6-21-18(26)13-25-14-22-17-5-4-15(20)12-16(17)19(25)27/h4-5,12,14H,2-3,6-11,13H2,1H3,(H,21,26). The molecule has 27 heavy (non-hydrogen) atoms. The Morgan fingerprint density at radius 2 is 2.00 bits per heavy atom. The number of benzene rings is 1. The Morgan fingerprint density at radius 1 is 1.22 bits per heavy atom. The third-order valence-electron chi connectivity index (χ3n) is 4.92. The van der Waals surface area contributed by atoms with Crippen LogP contribution in [-0.2, 0) is 11.3 Å². The Morgan fingerprint density at radius 3 is 2.78 bits per heavy atom. The molecule has 0 atom stereocenters. The van der Waals surface area contributed by atoms with E-state index in [4.69, 9.17) is 0 Å². The minimum absolute atomic E-state index is 0.00720. The van der Waals surface area contributed by atoms with Gasteiger partial charge in [0.15, 0.2) is 0 Å². The summed E-state index contributed by atoms with van der Waals surface area (Å²) >= 11 is 3.36. The van der Waals surface area contributed by atoms with Crippen molar-refractivity contribution in [2.75, 3.05) is 46.3 Å². The molecule has 7 nitrogen and oxygen atoms in total. The molecule has 0 spiro atoms. The molecular formula is C19H26BrN5O2. The van der Waals surface area contributed by atoms with Gasteiger partial charge in [0.2, 0.25) is 5.91 Å². The molecule has 8 heteroatoms. The highest BCUT2D eigenvalue weighted by atomic mass is 79.9. The molecule has 0 saturated carbocycles. The van der Waals surface area contributed by atoms with Crippen LogP contribution in [0.4, 0.5) is 0 Å². The third-order valence-corrected chi connectivity index (χ3v) is 5.41. The average molecular weight is 436 g/mol. The van der Waals surface area contributed by atoms with E-state index in [9.17, 15) is 9.59 Å². The first-order valence-corrected chi connectivity index (χ1v) is 10.1. The number of hydrogen-bond acceptors (Lipinski definition) is 5. The first kappa shape index (κ1) is 20.0. The highest BCUT2D eigenvalue weighted by molar-refractivity contribution is 9.10. The highest BCUT2D eigenvalue weighted by Gasteiger charge is 2.13. The molecule has 146 valence electrons. The van der Waals surface area contributed by atoms with Crippen molar-refractivity contribution >= 4 is 32.7 Å². The summed E-state index contributed by atoms with van der Waals surface area (Å²) in [5.41, 5.74) is 0.426. The van der Waals surface area contributed by atoms with Crippen molar-refractivity contribution < 1.29 is 4.79 Å². The van der Waals surface area contributed by atoms with Crippen LogP contribution in [0.15, 0.2) is 33.8 Å². The number of carbonyl (C=O) groups excluding carboxylic acids is 1. The quantitative estimate of drug-likeness (QED) is 0.663. The Kier molecular flexibility index (Phi) is 6.98. The van der Waals surface area contributed by atoms with Crippen LogP contribution in [0.25, 0.3) is 10.9 Å². The van der Waals surface area contributed by atoms with Crippen LogP contribution in [0.2, 0.25) is 0 Å². The van der Waals surface area contributed by atoms with E-state index < -0.39 is 0 Å². The lowest BCUT2D eigenvalue weighted by Gasteiger charge is -2.32. The Labute approximate surface area is 167 Å². The predicted octanol–water partition coefficient (Wildman–Crippen LogP) is 1.30. The molecule has 1 aliphatic heterocycles. The molecule has 1 N–H and O–H groups in total. The summed E-state index contributed by atoms with van der Waals surface area (Å²) in [5.74, 6) is -0.159. The molecule has 2 aromatic rings. The van der Waals surface area contributed by atoms with E-state index in [1.807, 2.05) is 6.07 Å². The number of aromatic nitrogens is 2. The van der Waals surface area contributed by atoms with E-state index in [-0.39, 0.29) is 18.0 Å². The maximum atomic E-state index is 12.5. The monoisotopic (exact) mass is 435 g/mol. The number of fused-ring (bicyclic) bond motifs is 1. The van der Waals surface area contributed by atoms with Crippen molar-refractivity contribution in [3.63, 3.8) is 0 Å². The van der Waals surface area contributed by atoms with Crippen molar-refractivity contribution in [2.45, 2.75) is 19.4 Å². The Balaban J connectivity index is 1.42. The summed E-state index contributed by atoms with van der Waals surface area (Å²) in [4.78, 5) is 33.7. The Bertz CT molecular complexity index is 846. The molecule has 0 unspecified atom stereocenters. The van der Waals surface area contributed by atoms with Crippen LogP contribution in [0.3, 0.4) is 0 Å². The number of halogens is 1. The van der Waals surface area contributed by atoms with Crippen molar-refractivity contribution in [1.29, 1.82) is 0 Å². The summed E-state index contributed by atoms with van der Waals surface area (Å²) in [6.45, 7) is 6.20. The molecule has 2 heterocycles. The van der Waals surface area contributed by atoms with Gasteiger partial charge >= 0.3 is 0 Å². The molecule has 1 fully saturated rings. The number of carbonyl (C=O) groups is 1. The summed E-state index contributed by atoms with van der Waals surface area (Å²) in [6, 6.07) is 5.36. The first-order valence-electron chi connectivity index (χ1n) is 9.35. The SMILES string of the molecule is CN1CCN(CCCCNC(=O)Cn2cnc3ccc(Br)cc3c2=O)CC1. The third kappa shape index (κ3) is 5.60. The van der Waals surface area contributed by atoms with E-state index >= 15 is 0 Å². The smallest absolute Gasteiger partial charge is 0.261 e. The number of nitrogens with one attached hydrogen (secondary N) is 1. The predicted molar refractivity (Wildman–Crippen MR) is 110 cm³/mol. The molecule has 1 amide bonds. The van der Waals surface area contributed by atoms with Crippen LogP contribution >= 0.6 is 15.9 Å². The molecule has 1 aromatic heterocycles. The maximum absolute atomic E-state index is 12.5. The van der Waals surface area contributed by atoms with Gasteiger partial charge in [-0.25, -0.2) is 4.98 Å². The lowest BCUT2D eigenvalue weighted by Crippen LogP contribution is -2.44. The largest absolute Gasteiger partial charge is 0.355 e. The van der Waals surface area contributed by atoms with Crippen molar-refractivity contribution in [3.8, 4) is 0 Å². The number of nitrogens with zero attached hydrogens (tertiary/aromatic N) is 4. The molecule has 1 saturated heterocycles. The average Bonchev–Trinajstić information content (AvgIpc) is 2.66. The van der Waals surface area contributed by atoms with Gasteiger partial charge in [-0.15, -0.1) is 0 Å². The number of rotatable bonds is 7. The maximum Gasteiger partial charge on any atom is 0.261 e. The second kappa shape index (κ2) is 9.43. The number of piperazine rings is 1. The zero-order valence-electron chi connectivity index (χ0n) is 15.7. The second-order valence-corrected chi connectivity index (χ2v) is 7.96. The van der Waals surface area contributed by atoms with E-state index in [0.717, 1.165) is 50.0 Å². The van der Waals surface area contributed by atoms with Gasteiger partial charge in [-0.05, 0) is 44.6 Å². The van der Waals surface area contributed by atoms with E-state index in [2.05, 4.69) is 43.1 Å². The fraction of sp³-hybridized carbons (Fsp3) is 0.526. The fourth-order valence-corrected chi connectivity index (χ4v) is 3.58. The molecule has 3 rings (SSSR count). The van der Waals surface area contributed by atoms with Gasteiger partial charge in [-0.3, -0.25) is 14.2 Å².